The molecule has 2 bridgehead atoms. The molecule has 1 aromatic carbocycles. The first-order chi connectivity index (χ1) is 12.7. The molecular formula is C19H21F4N3O. The van der Waals surface area contributed by atoms with Gasteiger partial charge in [-0.05, 0) is 42.4 Å². The molecular weight excluding hydrogens is 362 g/mol. The minimum Gasteiger partial charge on any atom is -0.371 e. The molecule has 1 N–H and O–H groups in total. The average molecular weight is 383 g/mol. The minimum absolute atomic E-state index is 0.0291. The summed E-state index contributed by atoms with van der Waals surface area (Å²) in [5, 5.41) is 16.7. The molecule has 1 saturated heterocycles. The summed E-state index contributed by atoms with van der Waals surface area (Å²) < 4.78 is 53.2. The molecule has 6 rings (SSSR count). The van der Waals surface area contributed by atoms with E-state index < -0.39 is 29.8 Å². The van der Waals surface area contributed by atoms with Crippen molar-refractivity contribution in [2.24, 2.45) is 15.9 Å². The van der Waals surface area contributed by atoms with Crippen LogP contribution in [0.3, 0.4) is 0 Å². The Kier molecular flexibility index (Phi) is 3.51. The molecule has 8 heteroatoms. The zero-order valence-electron chi connectivity index (χ0n) is 14.7. The first kappa shape index (κ1) is 17.4. The molecule has 0 aromatic heterocycles. The molecule has 0 radical (unpaired) electrons. The molecule has 3 saturated carbocycles. The Labute approximate surface area is 154 Å². The highest BCUT2D eigenvalue weighted by atomic mass is 19.3. The van der Waals surface area contributed by atoms with Crippen LogP contribution in [0.1, 0.15) is 37.3 Å². The van der Waals surface area contributed by atoms with E-state index >= 15 is 0 Å². The summed E-state index contributed by atoms with van der Waals surface area (Å²) >= 11 is 0. The largest absolute Gasteiger partial charge is 0.371 e. The lowest BCUT2D eigenvalue weighted by molar-refractivity contribution is -0.304. The maximum atomic E-state index is 13.6. The molecule has 146 valence electrons. The van der Waals surface area contributed by atoms with Gasteiger partial charge in [0, 0.05) is 30.7 Å². The van der Waals surface area contributed by atoms with E-state index in [4.69, 9.17) is 0 Å². The maximum Gasteiger partial charge on any atom is 0.272 e. The molecule has 0 amide bonds. The monoisotopic (exact) mass is 383 g/mol. The van der Waals surface area contributed by atoms with Gasteiger partial charge in [0.25, 0.3) is 5.92 Å². The van der Waals surface area contributed by atoms with Crippen LogP contribution in [0.25, 0.3) is 0 Å². The van der Waals surface area contributed by atoms with Crippen molar-refractivity contribution in [1.82, 2.24) is 9.91 Å². The Morgan fingerprint density at radius 3 is 2.33 bits per heavy atom. The highest BCUT2D eigenvalue weighted by Gasteiger charge is 2.72. The second-order valence-electron chi connectivity index (χ2n) is 8.90. The number of likely N-dealkylation sites (tertiary alicyclic amines) is 1. The van der Waals surface area contributed by atoms with Gasteiger partial charge in [-0.2, -0.15) is 5.10 Å². The second kappa shape index (κ2) is 5.44. The lowest BCUT2D eigenvalue weighted by atomic mass is 9.34. The molecule has 0 spiro atoms. The number of benzene rings is 1. The van der Waals surface area contributed by atoms with Crippen molar-refractivity contribution in [3.63, 3.8) is 0 Å². The molecule has 2 aliphatic heterocycles. The van der Waals surface area contributed by atoms with Crippen molar-refractivity contribution in [2.45, 2.75) is 43.9 Å². The van der Waals surface area contributed by atoms with Gasteiger partial charge in [0.05, 0.1) is 19.1 Å². The Balaban J connectivity index is 1.24. The third-order valence-electron chi connectivity index (χ3n) is 6.58. The fourth-order valence-electron chi connectivity index (χ4n) is 5.72. The standard InChI is InChI=1S/C19H21F4N3O/c20-13-3-12(4-14(21)5-13)15-1-2-24-26(15)16(27)18-6-17(7-18,8-18)9-25-10-19(22,23)11-25/h2-5,15-16,27H,1,6-11H2. The number of hydrogen-bond acceptors (Lipinski definition) is 4. The quantitative estimate of drug-likeness (QED) is 0.794. The van der Waals surface area contributed by atoms with E-state index in [1.54, 1.807) is 16.1 Å². The number of halogens is 4. The van der Waals surface area contributed by atoms with Crippen molar-refractivity contribution < 1.29 is 22.7 Å². The molecule has 4 fully saturated rings. The molecule has 2 atom stereocenters. The summed E-state index contributed by atoms with van der Waals surface area (Å²) in [7, 11) is 0. The van der Waals surface area contributed by atoms with E-state index in [1.807, 2.05) is 0 Å². The fourth-order valence-corrected chi connectivity index (χ4v) is 5.72. The van der Waals surface area contributed by atoms with Gasteiger partial charge in [-0.25, -0.2) is 17.6 Å². The summed E-state index contributed by atoms with van der Waals surface area (Å²) in [6.07, 6.45) is 3.62. The van der Waals surface area contributed by atoms with Crippen LogP contribution in [0.5, 0.6) is 0 Å². The Morgan fingerprint density at radius 1 is 1.11 bits per heavy atom. The normalized spacial score (nSPS) is 37.5. The highest BCUT2D eigenvalue weighted by Crippen LogP contribution is 2.75. The number of aliphatic hydroxyl groups is 1. The molecule has 2 heterocycles. The molecule has 4 nitrogen and oxygen atoms in total. The lowest BCUT2D eigenvalue weighted by Gasteiger charge is -2.74. The van der Waals surface area contributed by atoms with Gasteiger partial charge in [0.15, 0.2) is 0 Å². The number of nitrogens with zero attached hydrogens (tertiary/aromatic N) is 3. The molecule has 1 aromatic rings. The van der Waals surface area contributed by atoms with Crippen molar-refractivity contribution in [3.8, 4) is 0 Å². The van der Waals surface area contributed by atoms with Crippen LogP contribution in [-0.2, 0) is 0 Å². The number of alkyl halides is 2. The number of hydrogen-bond donors (Lipinski definition) is 1. The Hall–Kier alpha value is -1.67. The van der Waals surface area contributed by atoms with Gasteiger partial charge in [-0.3, -0.25) is 9.91 Å². The minimum atomic E-state index is -2.56. The van der Waals surface area contributed by atoms with E-state index in [1.165, 1.54) is 12.1 Å². The predicted molar refractivity (Wildman–Crippen MR) is 90.2 cm³/mol. The molecule has 3 aliphatic carbocycles. The third-order valence-corrected chi connectivity index (χ3v) is 6.58. The van der Waals surface area contributed by atoms with Crippen LogP contribution in [0.4, 0.5) is 17.6 Å². The van der Waals surface area contributed by atoms with E-state index in [2.05, 4.69) is 5.10 Å². The van der Waals surface area contributed by atoms with Crippen molar-refractivity contribution in [2.75, 3.05) is 19.6 Å². The van der Waals surface area contributed by atoms with Crippen LogP contribution in [-0.4, -0.2) is 53.0 Å². The second-order valence-corrected chi connectivity index (χ2v) is 8.90. The van der Waals surface area contributed by atoms with Crippen molar-refractivity contribution >= 4 is 6.21 Å². The van der Waals surface area contributed by atoms with Crippen molar-refractivity contribution in [3.05, 3.63) is 35.4 Å². The summed E-state index contributed by atoms with van der Waals surface area (Å²) in [6, 6.07) is 2.97. The SMILES string of the molecule is OC(N1N=CCC1c1cc(F)cc(F)c1)C12CC(CN3CC(F)(F)C3)(C1)C2. The fraction of sp³-hybridized carbons (Fsp3) is 0.632. The third kappa shape index (κ3) is 2.68. The van der Waals surface area contributed by atoms with Crippen molar-refractivity contribution in [1.29, 1.82) is 0 Å². The summed E-state index contributed by atoms with van der Waals surface area (Å²) in [5.41, 5.74) is 0.189. The summed E-state index contributed by atoms with van der Waals surface area (Å²) in [4.78, 5) is 1.78. The summed E-state index contributed by atoms with van der Waals surface area (Å²) in [6.45, 7) is 0.306. The van der Waals surface area contributed by atoms with Gasteiger partial charge < -0.3 is 5.11 Å². The number of rotatable bonds is 5. The van der Waals surface area contributed by atoms with Crippen LogP contribution in [0.15, 0.2) is 23.3 Å². The van der Waals surface area contributed by atoms with Gasteiger partial charge in [0.2, 0.25) is 0 Å². The Morgan fingerprint density at radius 2 is 1.74 bits per heavy atom. The van der Waals surface area contributed by atoms with E-state index in [0.717, 1.165) is 25.3 Å². The topological polar surface area (TPSA) is 39.1 Å². The van der Waals surface area contributed by atoms with Gasteiger partial charge in [-0.1, -0.05) is 0 Å². The maximum absolute atomic E-state index is 13.6. The van der Waals surface area contributed by atoms with Crippen LogP contribution in [0, 0.1) is 22.5 Å². The Bertz CT molecular complexity index is 766. The zero-order valence-corrected chi connectivity index (χ0v) is 14.7. The first-order valence-corrected chi connectivity index (χ1v) is 9.25. The van der Waals surface area contributed by atoms with Crippen LogP contribution < -0.4 is 0 Å². The lowest BCUT2D eigenvalue weighted by Crippen LogP contribution is -2.73. The van der Waals surface area contributed by atoms with Gasteiger partial charge >= 0.3 is 0 Å². The molecule has 27 heavy (non-hydrogen) atoms. The van der Waals surface area contributed by atoms with Crippen LogP contribution >= 0.6 is 0 Å². The van der Waals surface area contributed by atoms with E-state index in [-0.39, 0.29) is 23.9 Å². The summed E-state index contributed by atoms with van der Waals surface area (Å²) in [5.74, 6) is -3.86. The van der Waals surface area contributed by atoms with Gasteiger partial charge in [-0.15, -0.1) is 0 Å². The first-order valence-electron chi connectivity index (χ1n) is 9.25. The number of aliphatic hydroxyl groups excluding tert-OH is 1. The smallest absolute Gasteiger partial charge is 0.272 e. The predicted octanol–water partition coefficient (Wildman–Crippen LogP) is 3.14. The van der Waals surface area contributed by atoms with E-state index in [9.17, 15) is 22.7 Å². The zero-order chi connectivity index (χ0) is 19.0. The molecule has 5 aliphatic rings. The average Bonchev–Trinajstić information content (AvgIpc) is 2.95. The van der Waals surface area contributed by atoms with E-state index in [0.29, 0.717) is 18.5 Å². The van der Waals surface area contributed by atoms with Crippen LogP contribution in [0.2, 0.25) is 0 Å². The number of hydrazone groups is 1. The highest BCUT2D eigenvalue weighted by molar-refractivity contribution is 5.61. The molecule has 2 unspecified atom stereocenters. The van der Waals surface area contributed by atoms with Gasteiger partial charge in [0.1, 0.15) is 17.9 Å².